The van der Waals surface area contributed by atoms with E-state index in [1.807, 2.05) is 18.3 Å². The predicted octanol–water partition coefficient (Wildman–Crippen LogP) is 3.40. The first-order valence-electron chi connectivity index (χ1n) is 7.39. The number of rotatable bonds is 4. The van der Waals surface area contributed by atoms with Crippen molar-refractivity contribution in [1.29, 1.82) is 0 Å². The molecule has 1 fully saturated rings. The maximum atomic E-state index is 10.5. The third-order valence-corrected chi connectivity index (χ3v) is 4.54. The van der Waals surface area contributed by atoms with Gasteiger partial charge in [0.2, 0.25) is 0 Å². The van der Waals surface area contributed by atoms with Crippen molar-refractivity contribution in [2.75, 3.05) is 0 Å². The molecule has 1 aromatic heterocycles. The lowest BCUT2D eigenvalue weighted by atomic mass is 9.74. The molecule has 2 nitrogen and oxygen atoms in total. The largest absolute Gasteiger partial charge is 0.393 e. The Balaban J connectivity index is 1.85. The van der Waals surface area contributed by atoms with Gasteiger partial charge < -0.3 is 5.11 Å². The van der Waals surface area contributed by atoms with Gasteiger partial charge in [-0.3, -0.25) is 4.98 Å². The van der Waals surface area contributed by atoms with Crippen LogP contribution in [0.4, 0.5) is 0 Å². The van der Waals surface area contributed by atoms with Crippen molar-refractivity contribution < 1.29 is 5.11 Å². The number of hydrogen-bond acceptors (Lipinski definition) is 2. The molecular formula is C18H21NO. The normalized spacial score (nSPS) is 25.8. The maximum absolute atomic E-state index is 10.5. The molecule has 1 N–H and O–H groups in total. The van der Waals surface area contributed by atoms with Gasteiger partial charge in [-0.25, -0.2) is 0 Å². The fraction of sp³-hybridized carbons (Fsp3) is 0.389. The molecule has 0 radical (unpaired) electrons. The maximum Gasteiger partial charge on any atom is 0.0602 e. The minimum absolute atomic E-state index is 0.0234. The molecule has 20 heavy (non-hydrogen) atoms. The first kappa shape index (κ1) is 13.3. The second-order valence-electron chi connectivity index (χ2n) is 5.97. The monoisotopic (exact) mass is 267 g/mol. The smallest absolute Gasteiger partial charge is 0.0602 e. The van der Waals surface area contributed by atoms with Crippen molar-refractivity contribution in [1.82, 2.24) is 4.98 Å². The highest BCUT2D eigenvalue weighted by atomic mass is 16.3. The third-order valence-electron chi connectivity index (χ3n) is 4.54. The van der Waals surface area contributed by atoms with Crippen LogP contribution >= 0.6 is 0 Å². The van der Waals surface area contributed by atoms with E-state index in [2.05, 4.69) is 35.3 Å². The van der Waals surface area contributed by atoms with Gasteiger partial charge in [0.25, 0.3) is 0 Å². The summed E-state index contributed by atoms with van der Waals surface area (Å²) in [4.78, 5) is 4.21. The molecule has 3 rings (SSSR count). The summed E-state index contributed by atoms with van der Waals surface area (Å²) in [5, 5.41) is 10.5. The van der Waals surface area contributed by atoms with Crippen LogP contribution < -0.4 is 0 Å². The second kappa shape index (κ2) is 5.76. The third kappa shape index (κ3) is 2.75. The molecule has 0 bridgehead atoms. The Bertz CT molecular complexity index is 496. The summed E-state index contributed by atoms with van der Waals surface area (Å²) in [5.41, 5.74) is 2.52. The molecule has 104 valence electrons. The zero-order chi connectivity index (χ0) is 13.8. The molecule has 0 aliphatic heterocycles. The van der Waals surface area contributed by atoms with Crippen LogP contribution in [0.3, 0.4) is 0 Å². The highest BCUT2D eigenvalue weighted by Crippen LogP contribution is 2.43. The Labute approximate surface area is 120 Å². The van der Waals surface area contributed by atoms with E-state index in [-0.39, 0.29) is 11.5 Å². The molecule has 0 spiro atoms. The van der Waals surface area contributed by atoms with E-state index in [0.717, 1.165) is 32.1 Å². The van der Waals surface area contributed by atoms with Gasteiger partial charge in [0, 0.05) is 17.8 Å². The molecule has 1 aliphatic rings. The molecule has 2 atom stereocenters. The fourth-order valence-electron chi connectivity index (χ4n) is 3.51. The summed E-state index contributed by atoms with van der Waals surface area (Å²) in [6, 6.07) is 14.6. The highest BCUT2D eigenvalue weighted by Gasteiger charge is 2.41. The van der Waals surface area contributed by atoms with E-state index >= 15 is 0 Å². The van der Waals surface area contributed by atoms with E-state index < -0.39 is 0 Å². The molecule has 2 aromatic rings. The van der Waals surface area contributed by atoms with Crippen molar-refractivity contribution in [3.8, 4) is 0 Å². The fourth-order valence-corrected chi connectivity index (χ4v) is 3.51. The van der Waals surface area contributed by atoms with Gasteiger partial charge in [-0.15, -0.1) is 0 Å². The lowest BCUT2D eigenvalue weighted by molar-refractivity contribution is 0.0524. The van der Waals surface area contributed by atoms with Crippen molar-refractivity contribution in [2.24, 2.45) is 5.41 Å². The molecule has 0 amide bonds. The van der Waals surface area contributed by atoms with Gasteiger partial charge in [0.1, 0.15) is 0 Å². The van der Waals surface area contributed by atoms with Gasteiger partial charge >= 0.3 is 0 Å². The van der Waals surface area contributed by atoms with E-state index in [9.17, 15) is 5.11 Å². The summed E-state index contributed by atoms with van der Waals surface area (Å²) in [5.74, 6) is 0. The standard InChI is InChI=1S/C18H21NO/c20-17-9-4-10-18(17,12-15-6-2-1-3-7-15)13-16-8-5-11-19-14-16/h1-3,5-8,11,14,17,20H,4,9-10,12-13H2. The summed E-state index contributed by atoms with van der Waals surface area (Å²) >= 11 is 0. The molecule has 1 aromatic carbocycles. The van der Waals surface area contributed by atoms with Crippen molar-refractivity contribution in [3.63, 3.8) is 0 Å². The zero-order valence-corrected chi connectivity index (χ0v) is 11.7. The second-order valence-corrected chi connectivity index (χ2v) is 5.97. The number of nitrogens with zero attached hydrogens (tertiary/aromatic N) is 1. The number of pyridine rings is 1. The number of aliphatic hydroxyl groups excluding tert-OH is 1. The Kier molecular flexibility index (Phi) is 3.83. The van der Waals surface area contributed by atoms with E-state index in [4.69, 9.17) is 0 Å². The minimum Gasteiger partial charge on any atom is -0.393 e. The highest BCUT2D eigenvalue weighted by molar-refractivity contribution is 5.20. The van der Waals surface area contributed by atoms with Gasteiger partial charge in [0.15, 0.2) is 0 Å². The molecule has 0 saturated heterocycles. The van der Waals surface area contributed by atoms with E-state index in [0.29, 0.717) is 0 Å². The van der Waals surface area contributed by atoms with Crippen molar-refractivity contribution in [2.45, 2.75) is 38.2 Å². The lowest BCUT2D eigenvalue weighted by Crippen LogP contribution is -2.34. The van der Waals surface area contributed by atoms with E-state index in [1.165, 1.54) is 11.1 Å². The minimum atomic E-state index is -0.206. The number of aliphatic hydroxyl groups is 1. The quantitative estimate of drug-likeness (QED) is 0.921. The zero-order valence-electron chi connectivity index (χ0n) is 11.7. The van der Waals surface area contributed by atoms with Crippen molar-refractivity contribution >= 4 is 0 Å². The van der Waals surface area contributed by atoms with Crippen LogP contribution in [0, 0.1) is 5.41 Å². The summed E-state index contributed by atoms with van der Waals surface area (Å²) < 4.78 is 0. The average Bonchev–Trinajstić information content (AvgIpc) is 2.82. The van der Waals surface area contributed by atoms with Crippen LogP contribution in [0.15, 0.2) is 54.9 Å². The average molecular weight is 267 g/mol. The van der Waals surface area contributed by atoms with E-state index in [1.54, 1.807) is 6.20 Å². The van der Waals surface area contributed by atoms with Crippen molar-refractivity contribution in [3.05, 3.63) is 66.0 Å². The molecule has 1 aliphatic carbocycles. The van der Waals surface area contributed by atoms with Crippen LogP contribution in [0.5, 0.6) is 0 Å². The van der Waals surface area contributed by atoms with Crippen LogP contribution in [-0.2, 0) is 12.8 Å². The SMILES string of the molecule is OC1CCCC1(Cc1ccccc1)Cc1cccnc1. The Hall–Kier alpha value is -1.67. The number of benzene rings is 1. The van der Waals surface area contributed by atoms with Gasteiger partial charge in [-0.05, 0) is 42.9 Å². The summed E-state index contributed by atoms with van der Waals surface area (Å²) in [6.07, 6.45) is 8.53. The number of hydrogen-bond donors (Lipinski definition) is 1. The molecular weight excluding hydrogens is 246 g/mol. The van der Waals surface area contributed by atoms with Gasteiger partial charge in [-0.2, -0.15) is 0 Å². The summed E-state index contributed by atoms with van der Waals surface area (Å²) in [7, 11) is 0. The molecule has 2 heteroatoms. The topological polar surface area (TPSA) is 33.1 Å². The van der Waals surface area contributed by atoms with Crippen LogP contribution in [0.2, 0.25) is 0 Å². The molecule has 1 heterocycles. The van der Waals surface area contributed by atoms with Crippen LogP contribution in [-0.4, -0.2) is 16.2 Å². The Morgan fingerprint density at radius 2 is 1.80 bits per heavy atom. The Morgan fingerprint density at radius 3 is 2.45 bits per heavy atom. The van der Waals surface area contributed by atoms with Gasteiger partial charge in [-0.1, -0.05) is 42.8 Å². The van der Waals surface area contributed by atoms with Crippen LogP contribution in [0.25, 0.3) is 0 Å². The lowest BCUT2D eigenvalue weighted by Gasteiger charge is -2.33. The summed E-state index contributed by atoms with van der Waals surface area (Å²) in [6.45, 7) is 0. The van der Waals surface area contributed by atoms with Gasteiger partial charge in [0.05, 0.1) is 6.10 Å². The first-order chi connectivity index (χ1) is 9.78. The Morgan fingerprint density at radius 1 is 1.05 bits per heavy atom. The molecule has 2 unspecified atom stereocenters. The first-order valence-corrected chi connectivity index (χ1v) is 7.39. The predicted molar refractivity (Wildman–Crippen MR) is 80.4 cm³/mol. The van der Waals surface area contributed by atoms with Crippen LogP contribution in [0.1, 0.15) is 30.4 Å². The number of aromatic nitrogens is 1. The molecule has 1 saturated carbocycles.